The summed E-state index contributed by atoms with van der Waals surface area (Å²) in [7, 11) is 0. The highest BCUT2D eigenvalue weighted by molar-refractivity contribution is 6.33. The third kappa shape index (κ3) is 5.05. The number of phenols is 1. The third-order valence-electron chi connectivity index (χ3n) is 3.63. The van der Waals surface area contributed by atoms with Crippen molar-refractivity contribution >= 4 is 41.3 Å². The summed E-state index contributed by atoms with van der Waals surface area (Å²) in [6.07, 6.45) is 1.38. The van der Waals surface area contributed by atoms with E-state index in [2.05, 4.69) is 26.2 Å². The number of hydrazone groups is 1. The van der Waals surface area contributed by atoms with Gasteiger partial charge < -0.3 is 10.4 Å². The van der Waals surface area contributed by atoms with Gasteiger partial charge in [-0.1, -0.05) is 23.7 Å². The zero-order chi connectivity index (χ0) is 19.2. The Bertz CT molecular complexity index is 911. The molecule has 27 heavy (non-hydrogen) atoms. The number of aromatic hydroxyl groups is 1. The Morgan fingerprint density at radius 3 is 2.74 bits per heavy atom. The molecular weight excluding hydrogens is 370 g/mol. The minimum atomic E-state index is -0.848. The van der Waals surface area contributed by atoms with Gasteiger partial charge in [-0.15, -0.1) is 0 Å². The number of nitrogens with zero attached hydrogens (tertiary/aromatic N) is 2. The van der Waals surface area contributed by atoms with Crippen LogP contribution >= 0.6 is 11.6 Å². The summed E-state index contributed by atoms with van der Waals surface area (Å²) in [6.45, 7) is 0. The number of aliphatic imine (C=N–C) groups is 1. The Morgan fingerprint density at radius 2 is 2.00 bits per heavy atom. The molecule has 2 amide bonds. The molecule has 0 unspecified atom stereocenters. The number of hydrogen-bond acceptors (Lipinski definition) is 6. The molecule has 3 rings (SSSR count). The van der Waals surface area contributed by atoms with E-state index >= 15 is 0 Å². The molecule has 0 saturated carbocycles. The van der Waals surface area contributed by atoms with Gasteiger partial charge in [0.25, 0.3) is 5.91 Å². The summed E-state index contributed by atoms with van der Waals surface area (Å²) in [6, 6.07) is 12.4. The molecule has 0 spiro atoms. The molecule has 2 aromatic rings. The van der Waals surface area contributed by atoms with Crippen molar-refractivity contribution in [2.75, 3.05) is 5.32 Å². The summed E-state index contributed by atoms with van der Waals surface area (Å²) >= 11 is 5.99. The standard InChI is InChI=1S/C18H16ClN5O3/c19-13-3-1-2-4-14(13)21-16(26)9-15-17(27)23-18(22-15)24-20-10-11-5-7-12(25)8-6-11/h1-8,10,15,25H,9H2,(H,21,26)(H2,22,23,24,27)/b20-10-/t15-/m0/s1. The molecule has 1 heterocycles. The fourth-order valence-corrected chi connectivity index (χ4v) is 2.49. The van der Waals surface area contributed by atoms with Crippen LogP contribution in [-0.2, 0) is 9.59 Å². The van der Waals surface area contributed by atoms with Gasteiger partial charge in [-0.05, 0) is 42.0 Å². The van der Waals surface area contributed by atoms with E-state index in [1.165, 1.54) is 18.3 Å². The highest BCUT2D eigenvalue weighted by Crippen LogP contribution is 2.21. The summed E-state index contributed by atoms with van der Waals surface area (Å²) in [4.78, 5) is 28.2. The third-order valence-corrected chi connectivity index (χ3v) is 3.96. The van der Waals surface area contributed by atoms with E-state index in [1.807, 2.05) is 0 Å². The number of phenolic OH excluding ortho intramolecular Hbond substituents is 1. The van der Waals surface area contributed by atoms with Crippen LogP contribution in [0.5, 0.6) is 5.75 Å². The van der Waals surface area contributed by atoms with Crippen LogP contribution in [0.25, 0.3) is 0 Å². The quantitative estimate of drug-likeness (QED) is 0.464. The second-order valence-electron chi connectivity index (χ2n) is 5.68. The first kappa shape index (κ1) is 18.4. The molecule has 1 aliphatic heterocycles. The normalized spacial score (nSPS) is 16.1. The highest BCUT2D eigenvalue weighted by Gasteiger charge is 2.28. The van der Waals surface area contributed by atoms with Gasteiger partial charge in [-0.3, -0.25) is 14.9 Å². The average Bonchev–Trinajstić information content (AvgIpc) is 2.98. The number of benzene rings is 2. The van der Waals surface area contributed by atoms with Crippen LogP contribution in [-0.4, -0.2) is 35.1 Å². The summed E-state index contributed by atoms with van der Waals surface area (Å²) in [5, 5.41) is 18.8. The number of carbonyl (C=O) groups is 2. The van der Waals surface area contributed by atoms with Gasteiger partial charge in [0, 0.05) is 0 Å². The minimum absolute atomic E-state index is 0.121. The van der Waals surface area contributed by atoms with Crippen LogP contribution in [0, 0.1) is 0 Å². The Labute approximate surface area is 160 Å². The van der Waals surface area contributed by atoms with Gasteiger partial charge in [0.2, 0.25) is 11.9 Å². The number of amides is 2. The molecule has 2 aromatic carbocycles. The maximum absolute atomic E-state index is 12.1. The van der Waals surface area contributed by atoms with Crippen molar-refractivity contribution < 1.29 is 14.7 Å². The predicted octanol–water partition coefficient (Wildman–Crippen LogP) is 1.85. The van der Waals surface area contributed by atoms with Gasteiger partial charge in [0.05, 0.1) is 23.3 Å². The SMILES string of the molecule is O=C(C[C@@H]1N=C(N/N=C\c2ccc(O)cc2)NC1=O)Nc1ccccc1Cl. The molecule has 0 fully saturated rings. The molecule has 138 valence electrons. The zero-order valence-corrected chi connectivity index (χ0v) is 14.8. The lowest BCUT2D eigenvalue weighted by Crippen LogP contribution is -2.35. The van der Waals surface area contributed by atoms with Crippen molar-refractivity contribution in [1.82, 2.24) is 10.7 Å². The summed E-state index contributed by atoms with van der Waals surface area (Å²) < 4.78 is 0. The molecule has 0 aromatic heterocycles. The van der Waals surface area contributed by atoms with Crippen molar-refractivity contribution in [1.29, 1.82) is 0 Å². The van der Waals surface area contributed by atoms with E-state index in [0.29, 0.717) is 10.7 Å². The number of para-hydroxylation sites is 1. The second-order valence-corrected chi connectivity index (χ2v) is 6.08. The molecule has 0 aliphatic carbocycles. The maximum Gasteiger partial charge on any atom is 0.252 e. The van der Waals surface area contributed by atoms with Crippen molar-refractivity contribution in [2.45, 2.75) is 12.5 Å². The lowest BCUT2D eigenvalue weighted by molar-refractivity contribution is -0.123. The Kier molecular flexibility index (Phi) is 5.68. The van der Waals surface area contributed by atoms with E-state index in [1.54, 1.807) is 36.4 Å². The number of guanidine groups is 1. The molecule has 0 saturated heterocycles. The number of hydrogen-bond donors (Lipinski definition) is 4. The topological polar surface area (TPSA) is 115 Å². The molecule has 1 aliphatic rings. The largest absolute Gasteiger partial charge is 0.508 e. The molecular formula is C18H16ClN5O3. The molecule has 4 N–H and O–H groups in total. The molecule has 0 radical (unpaired) electrons. The lowest BCUT2D eigenvalue weighted by Gasteiger charge is -2.08. The van der Waals surface area contributed by atoms with Gasteiger partial charge in [-0.25, -0.2) is 10.4 Å². The minimum Gasteiger partial charge on any atom is -0.508 e. The Hall–Kier alpha value is -3.39. The first-order chi connectivity index (χ1) is 13.0. The van der Waals surface area contributed by atoms with Gasteiger partial charge >= 0.3 is 0 Å². The monoisotopic (exact) mass is 385 g/mol. The maximum atomic E-state index is 12.1. The van der Waals surface area contributed by atoms with Crippen LogP contribution in [0.15, 0.2) is 58.6 Å². The zero-order valence-electron chi connectivity index (χ0n) is 14.0. The van der Waals surface area contributed by atoms with Crippen molar-refractivity contribution in [2.24, 2.45) is 10.1 Å². The van der Waals surface area contributed by atoms with E-state index in [0.717, 1.165) is 5.56 Å². The summed E-state index contributed by atoms with van der Waals surface area (Å²) in [5.41, 5.74) is 3.84. The fraction of sp³-hybridized carbons (Fsp3) is 0.111. The first-order valence-electron chi connectivity index (χ1n) is 8.02. The van der Waals surface area contributed by atoms with Gasteiger partial charge in [0.15, 0.2) is 0 Å². The fourth-order valence-electron chi connectivity index (χ4n) is 2.31. The molecule has 1 atom stereocenters. The second kappa shape index (κ2) is 8.33. The summed E-state index contributed by atoms with van der Waals surface area (Å²) in [5.74, 6) is -0.455. The van der Waals surface area contributed by atoms with Crippen LogP contribution in [0.4, 0.5) is 5.69 Å². The van der Waals surface area contributed by atoms with E-state index in [-0.39, 0.29) is 24.0 Å². The van der Waals surface area contributed by atoms with Gasteiger partial charge in [-0.2, -0.15) is 5.10 Å². The Balaban J connectivity index is 1.55. The van der Waals surface area contributed by atoms with Crippen LogP contribution in [0.1, 0.15) is 12.0 Å². The van der Waals surface area contributed by atoms with Crippen molar-refractivity contribution in [3.05, 3.63) is 59.1 Å². The predicted molar refractivity (Wildman–Crippen MR) is 103 cm³/mol. The van der Waals surface area contributed by atoms with Crippen LogP contribution in [0.2, 0.25) is 5.02 Å². The van der Waals surface area contributed by atoms with E-state index in [4.69, 9.17) is 11.6 Å². The number of anilines is 1. The molecule has 8 nitrogen and oxygen atoms in total. The van der Waals surface area contributed by atoms with Crippen molar-refractivity contribution in [3.63, 3.8) is 0 Å². The number of carbonyl (C=O) groups excluding carboxylic acids is 2. The smallest absolute Gasteiger partial charge is 0.252 e. The number of halogens is 1. The van der Waals surface area contributed by atoms with Gasteiger partial charge in [0.1, 0.15) is 11.8 Å². The number of rotatable bonds is 5. The molecule has 0 bridgehead atoms. The Morgan fingerprint density at radius 1 is 1.26 bits per heavy atom. The molecule has 9 heteroatoms. The number of nitrogens with one attached hydrogen (secondary N) is 3. The van der Waals surface area contributed by atoms with Crippen LogP contribution < -0.4 is 16.1 Å². The van der Waals surface area contributed by atoms with Crippen molar-refractivity contribution in [3.8, 4) is 5.75 Å². The average molecular weight is 386 g/mol. The van der Waals surface area contributed by atoms with Crippen LogP contribution in [0.3, 0.4) is 0 Å². The highest BCUT2D eigenvalue weighted by atomic mass is 35.5. The van der Waals surface area contributed by atoms with E-state index in [9.17, 15) is 14.7 Å². The van der Waals surface area contributed by atoms with E-state index < -0.39 is 11.9 Å². The lowest BCUT2D eigenvalue weighted by atomic mass is 10.2. The first-order valence-corrected chi connectivity index (χ1v) is 8.40.